The van der Waals surface area contributed by atoms with Crippen molar-refractivity contribution in [3.8, 4) is 22.6 Å². The Morgan fingerprint density at radius 3 is 2.21 bits per heavy atom. The van der Waals surface area contributed by atoms with Crippen molar-refractivity contribution in [2.75, 3.05) is 40.0 Å². The Kier molecular flexibility index (Phi) is 18.5. The third-order valence-corrected chi connectivity index (χ3v) is 14.5. The Balaban J connectivity index is 1.07. The van der Waals surface area contributed by atoms with Crippen LogP contribution in [-0.2, 0) is 44.7 Å². The van der Waals surface area contributed by atoms with Gasteiger partial charge < -0.3 is 51.4 Å². The quantitative estimate of drug-likeness (QED) is 0.106. The van der Waals surface area contributed by atoms with Crippen molar-refractivity contribution in [1.29, 1.82) is 0 Å². The minimum absolute atomic E-state index is 0.0532. The lowest BCUT2D eigenvalue weighted by Gasteiger charge is -2.35. The van der Waals surface area contributed by atoms with Gasteiger partial charge in [0.05, 0.1) is 37.6 Å². The number of carbonyl (C=O) groups is 7. The molecule has 21 nitrogen and oxygen atoms in total. The minimum Gasteiger partial charge on any atom is -0.497 e. The van der Waals surface area contributed by atoms with Crippen LogP contribution in [0.4, 0.5) is 0 Å². The Morgan fingerprint density at radius 2 is 1.52 bits per heavy atom. The summed E-state index contributed by atoms with van der Waals surface area (Å²) in [6.07, 6.45) is -1.57. The summed E-state index contributed by atoms with van der Waals surface area (Å²) in [4.78, 5) is 106. The van der Waals surface area contributed by atoms with Crippen molar-refractivity contribution in [3.05, 3.63) is 130 Å². The van der Waals surface area contributed by atoms with Crippen molar-refractivity contribution < 1.29 is 48.1 Å². The molecule has 0 aliphatic carbocycles. The molecule has 2 fully saturated rings. The first-order valence-electron chi connectivity index (χ1n) is 26.6. The van der Waals surface area contributed by atoms with Gasteiger partial charge in [0, 0.05) is 48.6 Å². The maximum absolute atomic E-state index is 14.7. The molecule has 5 aromatic rings. The Labute approximate surface area is 469 Å². The molecule has 0 bridgehead atoms. The highest BCUT2D eigenvalue weighted by atomic mass is 35.5. The molecular formula is C58H68ClN11O10. The molecule has 4 heterocycles. The van der Waals surface area contributed by atoms with E-state index in [9.17, 15) is 38.7 Å². The number of aliphatic hydroxyl groups is 1. The molecule has 80 heavy (non-hydrogen) atoms. The normalized spacial score (nSPS) is 22.6. The van der Waals surface area contributed by atoms with Crippen molar-refractivity contribution in [1.82, 2.24) is 51.6 Å². The molecule has 0 spiro atoms. The van der Waals surface area contributed by atoms with Gasteiger partial charge in [0.2, 0.25) is 41.4 Å². The van der Waals surface area contributed by atoms with Gasteiger partial charge in [-0.2, -0.15) is 0 Å². The molecule has 4 aromatic carbocycles. The number of hydrogen-bond donors (Lipinski definition) is 7. The number of nitrogens with zero attached hydrogens (tertiary/aromatic N) is 5. The van der Waals surface area contributed by atoms with Gasteiger partial charge in [-0.15, -0.1) is 10.2 Å². The Hall–Kier alpha value is -8.01. The Morgan fingerprint density at radius 1 is 0.838 bits per heavy atom. The number of benzene rings is 4. The summed E-state index contributed by atoms with van der Waals surface area (Å²) in [6.45, 7) is 8.94. The topological polar surface area (TPSA) is 277 Å². The maximum atomic E-state index is 14.7. The van der Waals surface area contributed by atoms with Crippen LogP contribution in [0.5, 0.6) is 5.75 Å². The van der Waals surface area contributed by atoms with E-state index < -0.39 is 108 Å². The summed E-state index contributed by atoms with van der Waals surface area (Å²) in [5.74, 6) is -3.94. The van der Waals surface area contributed by atoms with Gasteiger partial charge in [0.1, 0.15) is 54.4 Å². The van der Waals surface area contributed by atoms with Crippen molar-refractivity contribution in [2.45, 2.75) is 103 Å². The summed E-state index contributed by atoms with van der Waals surface area (Å²) in [5.41, 5.74) is 4.27. The average Bonchev–Trinajstić information content (AvgIpc) is 4.00. The molecule has 0 saturated carbocycles. The van der Waals surface area contributed by atoms with E-state index in [1.807, 2.05) is 83.4 Å². The monoisotopic (exact) mass is 1110 g/mol. The standard InChI is InChI=1S/C58H68ClN11O10/c1-32(2)49-56(77)64-44(29-61-47(72)28-42-52-68-67-33(3)70(52)45-22-21-40(79-7)27-41(45)50(62-42)37-17-19-38(59)20-18-37)53(74)60-23-24-80-31-48(73)65-51(58(4,5)6)57(78)69-30-39(71)26-46(69)55(76)63-43(54(75)66-49)25-34-13-15-36(16-14-34)35-11-9-8-10-12-35/h8-22,27,32,39,42-44,46,49,51,71H,23-26,28-31H2,1-7H3,(H,60,74)(H,61,72)(H,63,76)(H,64,77)(H,65,73)(H,66,75)/t39-,42+,43-,44-,46+,49-,51-/m1/s1. The minimum atomic E-state index is -1.43. The first kappa shape index (κ1) is 58.1. The van der Waals surface area contributed by atoms with Crippen molar-refractivity contribution >= 4 is 58.7 Å². The highest BCUT2D eigenvalue weighted by Gasteiger charge is 2.45. The average molecular weight is 1110 g/mol. The number of carbonyl (C=O) groups excluding carboxylic acids is 7. The number of aliphatic hydroxyl groups excluding tert-OH is 1. The largest absolute Gasteiger partial charge is 0.497 e. The smallest absolute Gasteiger partial charge is 0.246 e. The molecule has 2 saturated heterocycles. The number of methoxy groups -OCH3 is 1. The first-order chi connectivity index (χ1) is 38.2. The van der Waals surface area contributed by atoms with Gasteiger partial charge in [-0.1, -0.05) is 113 Å². The highest BCUT2D eigenvalue weighted by molar-refractivity contribution is 6.30. The molecule has 7 atom stereocenters. The second-order valence-electron chi connectivity index (χ2n) is 21.6. The van der Waals surface area contributed by atoms with Crippen molar-refractivity contribution in [3.63, 3.8) is 0 Å². The lowest BCUT2D eigenvalue weighted by atomic mass is 9.85. The van der Waals surface area contributed by atoms with Crippen LogP contribution < -0.4 is 36.6 Å². The van der Waals surface area contributed by atoms with E-state index in [0.29, 0.717) is 50.5 Å². The maximum Gasteiger partial charge on any atom is 0.246 e. The van der Waals surface area contributed by atoms with Gasteiger partial charge in [0.25, 0.3) is 0 Å². The molecule has 1 aromatic heterocycles. The number of hydrogen-bond acceptors (Lipinski definition) is 13. The molecule has 3 aliphatic heterocycles. The van der Waals surface area contributed by atoms with Crippen LogP contribution in [0.15, 0.2) is 102 Å². The molecule has 0 radical (unpaired) electrons. The van der Waals surface area contributed by atoms with Crippen LogP contribution in [-0.4, -0.2) is 148 Å². The van der Waals surface area contributed by atoms with E-state index in [1.54, 1.807) is 66.9 Å². The zero-order chi connectivity index (χ0) is 57.4. The molecule has 422 valence electrons. The van der Waals surface area contributed by atoms with Gasteiger partial charge in [-0.25, -0.2) is 0 Å². The molecule has 7 amide bonds. The second kappa shape index (κ2) is 25.4. The van der Waals surface area contributed by atoms with Gasteiger partial charge in [0.15, 0.2) is 5.82 Å². The fourth-order valence-electron chi connectivity index (χ4n) is 9.93. The summed E-state index contributed by atoms with van der Waals surface area (Å²) in [5, 5.41) is 36.9. The predicted molar refractivity (Wildman–Crippen MR) is 298 cm³/mol. The van der Waals surface area contributed by atoms with E-state index >= 15 is 0 Å². The van der Waals surface area contributed by atoms with Crippen molar-refractivity contribution in [2.24, 2.45) is 16.3 Å². The van der Waals surface area contributed by atoms with E-state index in [1.165, 1.54) is 4.90 Å². The number of amides is 7. The number of aliphatic imine (C=N–C) groups is 1. The van der Waals surface area contributed by atoms with E-state index in [-0.39, 0.29) is 39.0 Å². The number of aromatic nitrogens is 3. The summed E-state index contributed by atoms with van der Waals surface area (Å²) in [6, 6.07) is 22.3. The number of rotatable bonds is 10. The SMILES string of the molecule is COc1ccc2c(c1)C(c1ccc(Cl)cc1)=N[C@@H](CC(=O)NC[C@H]1NC(=O)[C@@H](C(C)C)NC(=O)[C@@H](Cc3ccc(-c4ccccc4)cc3)NC(=O)[C@@H]3C[C@@H](O)CN3C(=O)[C@H](C(C)(C)C)NC(=O)COCCNC1=O)c1nnc(C)n1-2. The Bertz CT molecular complexity index is 3130. The number of aryl methyl sites for hydroxylation is 1. The van der Waals surface area contributed by atoms with Crippen LogP contribution in [0.1, 0.15) is 81.8 Å². The number of ether oxygens (including phenoxy) is 2. The molecule has 8 rings (SSSR count). The number of nitrogens with one attached hydrogen (secondary N) is 6. The van der Waals surface area contributed by atoms with E-state index in [0.717, 1.165) is 11.1 Å². The molecule has 22 heteroatoms. The third kappa shape index (κ3) is 13.9. The van der Waals surface area contributed by atoms with E-state index in [4.69, 9.17) is 26.1 Å². The summed E-state index contributed by atoms with van der Waals surface area (Å²) in [7, 11) is 1.56. The number of halogens is 1. The zero-order valence-electron chi connectivity index (χ0n) is 45.7. The lowest BCUT2D eigenvalue weighted by molar-refractivity contribution is -0.145. The molecular weight excluding hydrogens is 1050 g/mol. The van der Waals surface area contributed by atoms with Crippen LogP contribution in [0.2, 0.25) is 5.02 Å². The van der Waals surface area contributed by atoms with E-state index in [2.05, 4.69) is 42.1 Å². The molecule has 7 N–H and O–H groups in total. The summed E-state index contributed by atoms with van der Waals surface area (Å²) >= 11 is 6.30. The number of fused-ring (bicyclic) bond motifs is 4. The fourth-order valence-corrected chi connectivity index (χ4v) is 10.1. The van der Waals surface area contributed by atoms with Crippen LogP contribution in [0, 0.1) is 18.3 Å². The second-order valence-corrected chi connectivity index (χ2v) is 22.0. The van der Waals surface area contributed by atoms with Gasteiger partial charge >= 0.3 is 0 Å². The lowest BCUT2D eigenvalue weighted by Crippen LogP contribution is -2.61. The fraction of sp³-hybridized carbons (Fsp3) is 0.414. The highest BCUT2D eigenvalue weighted by Crippen LogP contribution is 2.35. The molecule has 0 unspecified atom stereocenters. The van der Waals surface area contributed by atoms with Gasteiger partial charge in [-0.3, -0.25) is 43.1 Å². The first-order valence-corrected chi connectivity index (χ1v) is 27.0. The van der Waals surface area contributed by atoms with Crippen LogP contribution in [0.3, 0.4) is 0 Å². The summed E-state index contributed by atoms with van der Waals surface area (Å²) < 4.78 is 13.0. The predicted octanol–water partition coefficient (Wildman–Crippen LogP) is 3.30. The van der Waals surface area contributed by atoms with Crippen LogP contribution >= 0.6 is 11.6 Å². The third-order valence-electron chi connectivity index (χ3n) is 14.2. The van der Waals surface area contributed by atoms with Crippen LogP contribution in [0.25, 0.3) is 16.8 Å². The zero-order valence-corrected chi connectivity index (χ0v) is 46.5. The molecule has 3 aliphatic rings. The van der Waals surface area contributed by atoms with Gasteiger partial charge in [-0.05, 0) is 65.3 Å².